The van der Waals surface area contributed by atoms with E-state index in [9.17, 15) is 0 Å². The molecule has 426 valence electrons. The summed E-state index contributed by atoms with van der Waals surface area (Å²) in [7, 11) is 0. The van der Waals surface area contributed by atoms with Gasteiger partial charge in [0.05, 0.1) is 11.4 Å². The zero-order chi connectivity index (χ0) is 60.1. The maximum Gasteiger partial charge on any atom is 0.143 e. The predicted molar refractivity (Wildman–Crippen MR) is 378 cm³/mol. The first-order chi connectivity index (χ1) is 44.5. The van der Waals surface area contributed by atoms with E-state index in [1.807, 2.05) is 12.1 Å². The summed E-state index contributed by atoms with van der Waals surface area (Å²) in [4.78, 5) is 4.84. The van der Waals surface area contributed by atoms with Crippen LogP contribution in [0.3, 0.4) is 0 Å². The van der Waals surface area contributed by atoms with Crippen LogP contribution < -0.4 is 9.80 Å². The molecule has 4 heteroatoms. The lowest BCUT2D eigenvalue weighted by Crippen LogP contribution is -2.13. The van der Waals surface area contributed by atoms with Gasteiger partial charge in [0.25, 0.3) is 0 Å². The lowest BCUT2D eigenvalue weighted by molar-refractivity contribution is 0.669. The summed E-state index contributed by atoms with van der Waals surface area (Å²) >= 11 is 0. The molecule has 2 aromatic heterocycles. The molecule has 16 aromatic rings. The Morgan fingerprint density at radius 2 is 0.511 bits per heavy atom. The van der Waals surface area contributed by atoms with Gasteiger partial charge in [0, 0.05) is 66.5 Å². The molecule has 0 bridgehead atoms. The number of aryl methyl sites for hydroxylation is 2. The van der Waals surface area contributed by atoms with Crippen molar-refractivity contribution in [2.24, 2.45) is 0 Å². The first-order valence-electron chi connectivity index (χ1n) is 30.8. The molecule has 0 radical (unpaired) electrons. The Balaban J connectivity index is 0.798. The Bertz CT molecular complexity index is 4990. The SMILES string of the molecule is Cc1cc(-c2ccc(N(c3ccc(-c4cccc(-c5ccccc5)c4)cc3)c3ccccc3-c3cccc4c3oc3ccccc34)c(C)c2)ccc1N(c1ccc(-c2cccc(-c3ccccc3)c2)cc1)c1ccccc1-c1cccc2c1oc1ccccc12. The molecule has 2 heterocycles. The van der Waals surface area contributed by atoms with E-state index in [4.69, 9.17) is 8.83 Å². The van der Waals surface area contributed by atoms with Crippen molar-refractivity contribution >= 4 is 78.0 Å². The zero-order valence-corrected chi connectivity index (χ0v) is 49.9. The summed E-state index contributed by atoms with van der Waals surface area (Å²) in [5, 5.41) is 4.41. The molecule has 0 amide bonds. The van der Waals surface area contributed by atoms with Gasteiger partial charge in [-0.15, -0.1) is 0 Å². The molecule has 0 saturated carbocycles. The van der Waals surface area contributed by atoms with Gasteiger partial charge in [-0.05, 0) is 166 Å². The number of rotatable bonds is 13. The number of furan rings is 2. The summed E-state index contributed by atoms with van der Waals surface area (Å²) in [6.45, 7) is 4.48. The minimum Gasteiger partial charge on any atom is -0.455 e. The van der Waals surface area contributed by atoms with Crippen LogP contribution in [0, 0.1) is 13.8 Å². The number of para-hydroxylation sites is 6. The maximum atomic E-state index is 6.73. The number of fused-ring (bicyclic) bond motifs is 6. The standard InChI is InChI=1S/C86H60N2O2/c1-57-53-67(45-51-79(57)87(69-47-41-61(42-48-69)65-27-17-25-63(55-65)59-21-5-3-6-22-59)81-37-13-9-29-71(81)75-33-19-35-77-73-31-11-15-39-83(73)89-85(75)77)68-46-52-80(58(2)54-68)88(70-49-43-62(44-50-70)66-28-18-26-64(56-66)60-23-7-4-8-24-60)82-38-14-10-30-72(82)76-34-20-36-78-74-32-12-16-40-84(74)90-86(76)78/h3-56H,1-2H3. The van der Waals surface area contributed by atoms with Gasteiger partial charge in [-0.25, -0.2) is 0 Å². The van der Waals surface area contributed by atoms with E-state index in [2.05, 4.69) is 339 Å². The van der Waals surface area contributed by atoms with E-state index in [-0.39, 0.29) is 0 Å². The van der Waals surface area contributed by atoms with Crippen LogP contribution in [-0.4, -0.2) is 0 Å². The summed E-state index contributed by atoms with van der Waals surface area (Å²) in [6, 6.07) is 118. The highest BCUT2D eigenvalue weighted by Crippen LogP contribution is 2.49. The van der Waals surface area contributed by atoms with Crippen LogP contribution in [0.15, 0.2) is 336 Å². The Hall–Kier alpha value is -11.7. The summed E-state index contributed by atoms with van der Waals surface area (Å²) < 4.78 is 13.5. The van der Waals surface area contributed by atoms with Crippen molar-refractivity contribution < 1.29 is 8.83 Å². The molecular weight excluding hydrogens is 1090 g/mol. The monoisotopic (exact) mass is 1150 g/mol. The molecule has 14 aromatic carbocycles. The lowest BCUT2D eigenvalue weighted by Gasteiger charge is -2.30. The number of hydrogen-bond acceptors (Lipinski definition) is 4. The topological polar surface area (TPSA) is 32.8 Å². The second-order valence-electron chi connectivity index (χ2n) is 23.3. The summed E-state index contributed by atoms with van der Waals surface area (Å²) in [5.74, 6) is 0. The van der Waals surface area contributed by atoms with Crippen molar-refractivity contribution in [3.05, 3.63) is 339 Å². The van der Waals surface area contributed by atoms with Crippen LogP contribution in [0.4, 0.5) is 34.1 Å². The first kappa shape index (κ1) is 53.7. The van der Waals surface area contributed by atoms with Crippen LogP contribution >= 0.6 is 0 Å². The number of nitrogens with zero attached hydrogens (tertiary/aromatic N) is 2. The van der Waals surface area contributed by atoms with E-state index in [1.54, 1.807) is 0 Å². The van der Waals surface area contributed by atoms with Gasteiger partial charge in [-0.2, -0.15) is 0 Å². The average molecular weight is 1150 g/mol. The van der Waals surface area contributed by atoms with Crippen LogP contribution in [-0.2, 0) is 0 Å². The predicted octanol–water partition coefficient (Wildman–Crippen LogP) is 24.7. The second kappa shape index (κ2) is 22.9. The normalized spacial score (nSPS) is 11.4. The molecule has 0 aliphatic rings. The van der Waals surface area contributed by atoms with Gasteiger partial charge in [-0.1, -0.05) is 243 Å². The van der Waals surface area contributed by atoms with Crippen molar-refractivity contribution in [1.29, 1.82) is 0 Å². The summed E-state index contributed by atoms with van der Waals surface area (Å²) in [6.07, 6.45) is 0. The molecule has 16 rings (SSSR count). The van der Waals surface area contributed by atoms with Crippen LogP contribution in [0.5, 0.6) is 0 Å². The minimum absolute atomic E-state index is 0.873. The van der Waals surface area contributed by atoms with Crippen molar-refractivity contribution in [3.63, 3.8) is 0 Å². The van der Waals surface area contributed by atoms with Crippen LogP contribution in [0.25, 0.3) is 122 Å². The molecule has 0 atom stereocenters. The molecule has 0 aliphatic carbocycles. The molecule has 90 heavy (non-hydrogen) atoms. The van der Waals surface area contributed by atoms with E-state index in [0.29, 0.717) is 0 Å². The number of benzene rings is 14. The Kier molecular flexibility index (Phi) is 13.6. The van der Waals surface area contributed by atoms with E-state index >= 15 is 0 Å². The van der Waals surface area contributed by atoms with Gasteiger partial charge in [-0.3, -0.25) is 0 Å². The van der Waals surface area contributed by atoms with Gasteiger partial charge >= 0.3 is 0 Å². The lowest BCUT2D eigenvalue weighted by atomic mass is 9.96. The Labute approximate surface area is 524 Å². The molecule has 0 spiro atoms. The van der Waals surface area contributed by atoms with Crippen molar-refractivity contribution in [2.75, 3.05) is 9.80 Å². The number of anilines is 6. The fraction of sp³-hybridized carbons (Fsp3) is 0.0233. The third-order valence-electron chi connectivity index (χ3n) is 17.7. The zero-order valence-electron chi connectivity index (χ0n) is 49.9. The average Bonchev–Trinajstić information content (AvgIpc) is 1.67. The Morgan fingerprint density at radius 3 is 0.922 bits per heavy atom. The molecular formula is C86H60N2O2. The largest absolute Gasteiger partial charge is 0.455 e. The molecule has 0 fully saturated rings. The molecule has 0 aliphatic heterocycles. The van der Waals surface area contributed by atoms with Crippen LogP contribution in [0.1, 0.15) is 11.1 Å². The highest BCUT2D eigenvalue weighted by molar-refractivity contribution is 6.12. The van der Waals surface area contributed by atoms with Crippen LogP contribution in [0.2, 0.25) is 0 Å². The third-order valence-corrected chi connectivity index (χ3v) is 17.7. The second-order valence-corrected chi connectivity index (χ2v) is 23.3. The molecule has 0 N–H and O–H groups in total. The smallest absolute Gasteiger partial charge is 0.143 e. The van der Waals surface area contributed by atoms with E-state index < -0.39 is 0 Å². The van der Waals surface area contributed by atoms with Crippen molar-refractivity contribution in [2.45, 2.75) is 13.8 Å². The maximum absolute atomic E-state index is 6.73. The van der Waals surface area contributed by atoms with Gasteiger partial charge in [0.15, 0.2) is 0 Å². The molecule has 0 unspecified atom stereocenters. The highest BCUT2D eigenvalue weighted by atomic mass is 16.3. The molecule has 4 nitrogen and oxygen atoms in total. The van der Waals surface area contributed by atoms with Crippen molar-refractivity contribution in [1.82, 2.24) is 0 Å². The van der Waals surface area contributed by atoms with E-state index in [1.165, 1.54) is 33.4 Å². The minimum atomic E-state index is 0.873. The number of hydrogen-bond donors (Lipinski definition) is 0. The van der Waals surface area contributed by atoms with E-state index in [0.717, 1.165) is 134 Å². The quantitative estimate of drug-likeness (QED) is 0.115. The third kappa shape index (κ3) is 9.78. The summed E-state index contributed by atoms with van der Waals surface area (Å²) in [5.41, 5.74) is 28.0. The fourth-order valence-corrected chi connectivity index (χ4v) is 13.3. The van der Waals surface area contributed by atoms with Gasteiger partial charge in [0.1, 0.15) is 22.3 Å². The molecule has 0 saturated heterocycles. The van der Waals surface area contributed by atoms with Gasteiger partial charge < -0.3 is 18.6 Å². The Morgan fingerprint density at radius 1 is 0.211 bits per heavy atom. The highest BCUT2D eigenvalue weighted by Gasteiger charge is 2.25. The fourth-order valence-electron chi connectivity index (χ4n) is 13.3. The van der Waals surface area contributed by atoms with Crippen molar-refractivity contribution in [3.8, 4) is 77.9 Å². The van der Waals surface area contributed by atoms with Gasteiger partial charge in [0.2, 0.25) is 0 Å². The first-order valence-corrected chi connectivity index (χ1v) is 30.8.